The molecule has 2 aromatic rings. The van der Waals surface area contributed by atoms with Gasteiger partial charge in [0.05, 0.1) is 6.61 Å². The van der Waals surface area contributed by atoms with Gasteiger partial charge in [0.25, 0.3) is 0 Å². The van der Waals surface area contributed by atoms with Crippen molar-refractivity contribution in [2.75, 3.05) is 13.2 Å². The van der Waals surface area contributed by atoms with E-state index in [4.69, 9.17) is 10.5 Å². The summed E-state index contributed by atoms with van der Waals surface area (Å²) in [6.07, 6.45) is 7.48. The van der Waals surface area contributed by atoms with Gasteiger partial charge in [-0.25, -0.2) is 4.98 Å². The van der Waals surface area contributed by atoms with E-state index in [0.29, 0.717) is 13.3 Å². The van der Waals surface area contributed by atoms with Crippen LogP contribution < -0.4 is 5.73 Å². The molecule has 1 saturated carbocycles. The summed E-state index contributed by atoms with van der Waals surface area (Å²) in [5.41, 5.74) is 7.90. The molecule has 0 amide bonds. The first-order valence-corrected chi connectivity index (χ1v) is 6.59. The van der Waals surface area contributed by atoms with Crippen LogP contribution >= 0.6 is 0 Å². The van der Waals surface area contributed by atoms with Gasteiger partial charge in [0.2, 0.25) is 0 Å². The van der Waals surface area contributed by atoms with Gasteiger partial charge in [-0.15, -0.1) is 0 Å². The van der Waals surface area contributed by atoms with Crippen molar-refractivity contribution < 1.29 is 4.74 Å². The molecule has 0 spiro atoms. The van der Waals surface area contributed by atoms with Crippen molar-refractivity contribution in [2.24, 2.45) is 11.7 Å². The van der Waals surface area contributed by atoms with Crippen LogP contribution in [0.15, 0.2) is 24.5 Å². The highest BCUT2D eigenvalue weighted by molar-refractivity contribution is 5.80. The fourth-order valence-electron chi connectivity index (χ4n) is 2.25. The van der Waals surface area contributed by atoms with Gasteiger partial charge in [0.15, 0.2) is 0 Å². The third kappa shape index (κ3) is 2.40. The van der Waals surface area contributed by atoms with E-state index in [2.05, 4.69) is 21.8 Å². The highest BCUT2D eigenvalue weighted by Crippen LogP contribution is 2.29. The van der Waals surface area contributed by atoms with Gasteiger partial charge in [-0.2, -0.15) is 0 Å². The van der Waals surface area contributed by atoms with E-state index < -0.39 is 0 Å². The number of nitrogens with two attached hydrogens (primary N) is 1. The predicted octanol–water partition coefficient (Wildman–Crippen LogP) is 1.92. The lowest BCUT2D eigenvalue weighted by Gasteiger charge is -2.05. The SMILES string of the molecule is NCCc1cn(COCC2CC2)c2ncccc12. The highest BCUT2D eigenvalue weighted by Gasteiger charge is 2.21. The Labute approximate surface area is 107 Å². The zero-order chi connectivity index (χ0) is 12.4. The van der Waals surface area contributed by atoms with Crippen LogP contribution in [0, 0.1) is 5.92 Å². The lowest BCUT2D eigenvalue weighted by molar-refractivity contribution is 0.0714. The van der Waals surface area contributed by atoms with Crippen LogP contribution in [0.2, 0.25) is 0 Å². The van der Waals surface area contributed by atoms with E-state index in [-0.39, 0.29) is 0 Å². The Bertz CT molecular complexity index is 531. The molecule has 96 valence electrons. The molecular weight excluding hydrogens is 226 g/mol. The van der Waals surface area contributed by atoms with Crippen LogP contribution in [0.25, 0.3) is 11.0 Å². The van der Waals surface area contributed by atoms with Crippen molar-refractivity contribution in [1.29, 1.82) is 0 Å². The Morgan fingerprint density at radius 2 is 2.33 bits per heavy atom. The Kier molecular flexibility index (Phi) is 3.30. The first-order chi connectivity index (χ1) is 8.88. The van der Waals surface area contributed by atoms with Crippen molar-refractivity contribution in [1.82, 2.24) is 9.55 Å². The molecular formula is C14H19N3O. The maximum atomic E-state index is 5.73. The minimum Gasteiger partial charge on any atom is -0.360 e. The van der Waals surface area contributed by atoms with E-state index >= 15 is 0 Å². The second-order valence-electron chi connectivity index (χ2n) is 4.98. The maximum absolute atomic E-state index is 5.73. The first kappa shape index (κ1) is 11.7. The number of aromatic nitrogens is 2. The quantitative estimate of drug-likeness (QED) is 0.846. The monoisotopic (exact) mass is 245 g/mol. The molecule has 4 heteroatoms. The topological polar surface area (TPSA) is 53.1 Å². The second-order valence-corrected chi connectivity index (χ2v) is 4.98. The van der Waals surface area contributed by atoms with Crippen molar-refractivity contribution in [3.63, 3.8) is 0 Å². The molecule has 1 aliphatic rings. The third-order valence-corrected chi connectivity index (χ3v) is 3.41. The molecule has 3 rings (SSSR count). The molecule has 0 aliphatic heterocycles. The first-order valence-electron chi connectivity index (χ1n) is 6.59. The summed E-state index contributed by atoms with van der Waals surface area (Å²) in [5, 5.41) is 1.19. The molecule has 2 aromatic heterocycles. The highest BCUT2D eigenvalue weighted by atomic mass is 16.5. The van der Waals surface area contributed by atoms with E-state index in [1.165, 1.54) is 23.8 Å². The number of rotatable bonds is 6. The summed E-state index contributed by atoms with van der Waals surface area (Å²) in [6, 6.07) is 4.07. The number of ether oxygens (including phenoxy) is 1. The van der Waals surface area contributed by atoms with Crippen molar-refractivity contribution in [3.05, 3.63) is 30.1 Å². The molecule has 0 unspecified atom stereocenters. The fraction of sp³-hybridized carbons (Fsp3) is 0.500. The van der Waals surface area contributed by atoms with Crippen molar-refractivity contribution >= 4 is 11.0 Å². The summed E-state index contributed by atoms with van der Waals surface area (Å²) in [5.74, 6) is 0.795. The van der Waals surface area contributed by atoms with Crippen molar-refractivity contribution in [2.45, 2.75) is 26.0 Å². The van der Waals surface area contributed by atoms with Crippen LogP contribution in [-0.4, -0.2) is 22.7 Å². The molecule has 2 heterocycles. The van der Waals surface area contributed by atoms with Gasteiger partial charge in [-0.1, -0.05) is 0 Å². The van der Waals surface area contributed by atoms with E-state index in [9.17, 15) is 0 Å². The number of hydrogen-bond acceptors (Lipinski definition) is 3. The Balaban J connectivity index is 1.80. The minimum atomic E-state index is 0.592. The zero-order valence-corrected chi connectivity index (χ0v) is 10.5. The van der Waals surface area contributed by atoms with Crippen LogP contribution in [-0.2, 0) is 17.9 Å². The zero-order valence-electron chi connectivity index (χ0n) is 10.5. The summed E-state index contributed by atoms with van der Waals surface area (Å²) < 4.78 is 7.82. The lowest BCUT2D eigenvalue weighted by atomic mass is 10.2. The van der Waals surface area contributed by atoms with Crippen LogP contribution in [0.5, 0.6) is 0 Å². The molecule has 1 aliphatic carbocycles. The molecule has 0 atom stereocenters. The summed E-state index contributed by atoms with van der Waals surface area (Å²) in [7, 11) is 0. The smallest absolute Gasteiger partial charge is 0.142 e. The van der Waals surface area contributed by atoms with Crippen LogP contribution in [0.3, 0.4) is 0 Å². The molecule has 18 heavy (non-hydrogen) atoms. The normalized spacial score (nSPS) is 15.4. The van der Waals surface area contributed by atoms with Crippen molar-refractivity contribution in [3.8, 4) is 0 Å². The number of hydrogen-bond donors (Lipinski definition) is 1. The van der Waals surface area contributed by atoms with Crippen LogP contribution in [0.4, 0.5) is 0 Å². The Morgan fingerprint density at radius 1 is 1.44 bits per heavy atom. The summed E-state index contributed by atoms with van der Waals surface area (Å²) in [4.78, 5) is 4.44. The lowest BCUT2D eigenvalue weighted by Crippen LogP contribution is -2.04. The Morgan fingerprint density at radius 3 is 3.11 bits per heavy atom. The van der Waals surface area contributed by atoms with Gasteiger partial charge in [0.1, 0.15) is 12.4 Å². The van der Waals surface area contributed by atoms with Gasteiger partial charge < -0.3 is 15.0 Å². The van der Waals surface area contributed by atoms with E-state index in [1.54, 1.807) is 0 Å². The predicted molar refractivity (Wildman–Crippen MR) is 71.2 cm³/mol. The third-order valence-electron chi connectivity index (χ3n) is 3.41. The standard InChI is InChI=1S/C14H19N3O/c15-6-5-12-8-17(10-18-9-11-3-4-11)14-13(12)2-1-7-16-14/h1-2,7-8,11H,3-6,9-10,15H2. The van der Waals surface area contributed by atoms with Gasteiger partial charge in [0, 0.05) is 17.8 Å². The second kappa shape index (κ2) is 5.08. The van der Waals surface area contributed by atoms with Gasteiger partial charge in [-0.05, 0) is 49.4 Å². The number of fused-ring (bicyclic) bond motifs is 1. The number of nitrogens with zero attached hydrogens (tertiary/aromatic N) is 2. The molecule has 0 saturated heterocycles. The molecule has 2 N–H and O–H groups in total. The number of pyridine rings is 1. The Hall–Kier alpha value is -1.39. The molecule has 4 nitrogen and oxygen atoms in total. The van der Waals surface area contributed by atoms with E-state index in [0.717, 1.165) is 24.6 Å². The van der Waals surface area contributed by atoms with E-state index in [1.807, 2.05) is 12.3 Å². The minimum absolute atomic E-state index is 0.592. The average Bonchev–Trinajstić information content (AvgIpc) is 3.15. The molecule has 0 radical (unpaired) electrons. The molecule has 0 aromatic carbocycles. The summed E-state index contributed by atoms with van der Waals surface area (Å²) >= 11 is 0. The van der Waals surface area contributed by atoms with Crippen LogP contribution in [0.1, 0.15) is 18.4 Å². The maximum Gasteiger partial charge on any atom is 0.142 e. The van der Waals surface area contributed by atoms with Gasteiger partial charge >= 0.3 is 0 Å². The average molecular weight is 245 g/mol. The molecule has 1 fully saturated rings. The molecule has 0 bridgehead atoms. The van der Waals surface area contributed by atoms with Gasteiger partial charge in [-0.3, -0.25) is 0 Å². The summed E-state index contributed by atoms with van der Waals surface area (Å²) in [6.45, 7) is 2.13. The fourth-order valence-corrected chi connectivity index (χ4v) is 2.25. The largest absolute Gasteiger partial charge is 0.360 e.